The number of aromatic hydroxyl groups is 1. The predicted molar refractivity (Wildman–Crippen MR) is 237 cm³/mol. The van der Waals surface area contributed by atoms with E-state index in [1.54, 1.807) is 39.3 Å². The van der Waals surface area contributed by atoms with Crippen LogP contribution in [0.25, 0.3) is 33.3 Å². The number of benzene rings is 2. The van der Waals surface area contributed by atoms with Crippen LogP contribution in [-0.2, 0) is 54.6 Å². The minimum Gasteiger partial charge on any atom is -0.508 e. The molecule has 4 aromatic rings. The van der Waals surface area contributed by atoms with Crippen molar-refractivity contribution in [3.8, 4) is 28.1 Å². The van der Waals surface area contributed by atoms with Gasteiger partial charge in [-0.1, -0.05) is 39.8 Å². The summed E-state index contributed by atoms with van der Waals surface area (Å²) in [6.45, 7) is 11.3. The molecule has 1 unspecified atom stereocenters. The van der Waals surface area contributed by atoms with E-state index in [0.29, 0.717) is 50.1 Å². The van der Waals surface area contributed by atoms with E-state index in [0.717, 1.165) is 45.1 Å². The molecule has 16 nitrogen and oxygen atoms in total. The van der Waals surface area contributed by atoms with Crippen molar-refractivity contribution in [3.63, 3.8) is 0 Å². The normalized spacial score (nSPS) is 19.7. The molecule has 0 radical (unpaired) electrons. The highest BCUT2D eigenvalue weighted by molar-refractivity contribution is 5.96. The number of guanidine groups is 1. The maximum absolute atomic E-state index is 14.7. The Morgan fingerprint density at radius 1 is 1.18 bits per heavy atom. The van der Waals surface area contributed by atoms with Crippen LogP contribution >= 0.6 is 0 Å². The second-order valence-corrected chi connectivity index (χ2v) is 17.7. The van der Waals surface area contributed by atoms with Gasteiger partial charge in [0, 0.05) is 62.5 Å². The fraction of sp³-hybridized carbons (Fsp3) is 0.478. The Kier molecular flexibility index (Phi) is 14.0. The summed E-state index contributed by atoms with van der Waals surface area (Å²) in [5.74, 6) is -2.31. The Morgan fingerprint density at radius 2 is 1.95 bits per heavy atom. The maximum atomic E-state index is 14.7. The van der Waals surface area contributed by atoms with E-state index in [4.69, 9.17) is 20.6 Å². The number of carbonyl (C=O) groups excluding carboxylic acids is 4. The molecule has 1 saturated heterocycles. The molecule has 2 aromatic heterocycles. The lowest BCUT2D eigenvalue weighted by Gasteiger charge is -2.42. The van der Waals surface area contributed by atoms with Crippen molar-refractivity contribution in [2.24, 2.45) is 17.1 Å². The summed E-state index contributed by atoms with van der Waals surface area (Å²) >= 11 is 0. The number of fused-ring (bicyclic) bond motifs is 6. The van der Waals surface area contributed by atoms with E-state index in [9.17, 15) is 24.3 Å². The van der Waals surface area contributed by atoms with Crippen molar-refractivity contribution in [3.05, 3.63) is 71.5 Å². The third-order valence-electron chi connectivity index (χ3n) is 11.8. The molecule has 1 fully saturated rings. The van der Waals surface area contributed by atoms with Crippen LogP contribution in [0.15, 0.2) is 54.9 Å². The van der Waals surface area contributed by atoms with Crippen LogP contribution < -0.4 is 21.8 Å². The number of methoxy groups -OCH3 is 1. The van der Waals surface area contributed by atoms with Crippen molar-refractivity contribution < 1.29 is 33.8 Å². The number of pyridine rings is 1. The van der Waals surface area contributed by atoms with Gasteiger partial charge in [0.05, 0.1) is 32.1 Å². The minimum atomic E-state index is -1.22. The number of hydrogen-bond acceptors (Lipinski definition) is 10. The number of carbonyl (C=O) groups is 4. The number of nitrogens with zero attached hydrogens (tertiary/aromatic N) is 4. The number of rotatable bonds is 11. The molecule has 16 heteroatoms. The molecule has 0 spiro atoms. The second-order valence-electron chi connectivity index (χ2n) is 17.7. The zero-order valence-electron chi connectivity index (χ0n) is 36.8. The maximum Gasteiger partial charge on any atom is 0.259 e. The number of nitrogens with one attached hydrogen (secondary N) is 4. The molecule has 6 rings (SSSR count). The number of aldehydes is 1. The highest BCUT2D eigenvalue weighted by Gasteiger charge is 2.41. The summed E-state index contributed by atoms with van der Waals surface area (Å²) in [6.07, 6.45) is 5.96. The molecule has 3 atom stereocenters. The first kappa shape index (κ1) is 45.7. The summed E-state index contributed by atoms with van der Waals surface area (Å²) in [5, 5.41) is 26.5. The van der Waals surface area contributed by atoms with Gasteiger partial charge in [-0.3, -0.25) is 29.8 Å². The zero-order valence-corrected chi connectivity index (χ0v) is 36.8. The van der Waals surface area contributed by atoms with Gasteiger partial charge in [0.1, 0.15) is 29.7 Å². The molecule has 332 valence electrons. The number of hydrogen-bond donors (Lipinski definition) is 6. The summed E-state index contributed by atoms with van der Waals surface area (Å²) in [4.78, 5) is 60.8. The van der Waals surface area contributed by atoms with Gasteiger partial charge in [0.2, 0.25) is 11.8 Å². The van der Waals surface area contributed by atoms with Crippen molar-refractivity contribution in [2.75, 3.05) is 40.5 Å². The molecule has 2 aromatic carbocycles. The third kappa shape index (κ3) is 9.93. The number of amides is 3. The quantitative estimate of drug-likeness (QED) is 0.0723. The zero-order chi connectivity index (χ0) is 44.9. The monoisotopic (exact) mass is 851 g/mol. The fourth-order valence-electron chi connectivity index (χ4n) is 8.91. The van der Waals surface area contributed by atoms with Crippen LogP contribution in [0.2, 0.25) is 0 Å². The highest BCUT2D eigenvalue weighted by Crippen LogP contribution is 2.41. The largest absolute Gasteiger partial charge is 0.508 e. The van der Waals surface area contributed by atoms with Crippen molar-refractivity contribution >= 4 is 40.9 Å². The Labute approximate surface area is 363 Å². The summed E-state index contributed by atoms with van der Waals surface area (Å²) < 4.78 is 14.4. The van der Waals surface area contributed by atoms with E-state index in [1.807, 2.05) is 24.4 Å². The van der Waals surface area contributed by atoms with Gasteiger partial charge in [-0.15, -0.1) is 0 Å². The van der Waals surface area contributed by atoms with Gasteiger partial charge in [-0.2, -0.15) is 0 Å². The number of phenols is 1. The Balaban J connectivity index is 1.49. The molecular weight excluding hydrogens is 791 g/mol. The van der Waals surface area contributed by atoms with Gasteiger partial charge in [-0.25, -0.2) is 5.43 Å². The molecule has 3 amide bonds. The van der Waals surface area contributed by atoms with Crippen LogP contribution in [0.1, 0.15) is 64.2 Å². The number of phenolic OH excluding ortho intramolecular Hbond substituents is 1. The third-order valence-corrected chi connectivity index (χ3v) is 11.8. The molecule has 6 bridgehead atoms. The second kappa shape index (κ2) is 19.1. The van der Waals surface area contributed by atoms with Crippen LogP contribution in [0.3, 0.4) is 0 Å². The van der Waals surface area contributed by atoms with Crippen molar-refractivity contribution in [1.29, 1.82) is 5.41 Å². The standard InChI is InChI=1S/C46H61N9O7/c1-8-54-38-11-10-30-20-34(38)35(41(54)36-22-49-14-12-31(36)24-61-7)21-45(4,5)26-62-27-46(25-56)13-9-15-55(52-46)43(60)37(18-29-16-32(30)19-33(57)17-29)51-42(59)40(28(2)3)53(6)39(58)23-50-44(47)48/h10-12,14,16-17,19-20,22,25,28,37,40,52,57H,8-9,13,15,18,21,23-24,26-27H2,1-7H3,(H,51,59)(H4,47,48,50)/t37-,40-,46?/m0/s1. The summed E-state index contributed by atoms with van der Waals surface area (Å²) in [5.41, 5.74) is 14.2. The fourth-order valence-corrected chi connectivity index (χ4v) is 8.91. The van der Waals surface area contributed by atoms with Crippen LogP contribution in [0.4, 0.5) is 0 Å². The average molecular weight is 852 g/mol. The topological polar surface area (TPSA) is 217 Å². The molecule has 4 heterocycles. The van der Waals surface area contributed by atoms with Crippen molar-refractivity contribution in [1.82, 2.24) is 35.5 Å². The Morgan fingerprint density at radius 3 is 2.65 bits per heavy atom. The first-order valence-electron chi connectivity index (χ1n) is 21.2. The Hall–Kier alpha value is -5.84. The average Bonchev–Trinajstić information content (AvgIpc) is 3.53. The van der Waals surface area contributed by atoms with Gasteiger partial charge in [0.25, 0.3) is 5.91 Å². The smallest absolute Gasteiger partial charge is 0.259 e. The SMILES string of the molecule is CCn1c(-c2cnccc2COC)c2c3cc(ccc31)-c1cc(O)cc(c1)C[C@H](NC(=O)[C@H](C(C)C)N(C)C(=O)CNC(=N)N)C(=O)N1CCCC(C=O)(COCC(C)(C)C2)N1. The molecule has 62 heavy (non-hydrogen) atoms. The number of aryl methyl sites for hydroxylation is 1. The lowest BCUT2D eigenvalue weighted by molar-refractivity contribution is -0.148. The van der Waals surface area contributed by atoms with E-state index < -0.39 is 40.8 Å². The first-order chi connectivity index (χ1) is 29.5. The molecule has 2 aliphatic heterocycles. The number of nitrogens with two attached hydrogens (primary N) is 1. The highest BCUT2D eigenvalue weighted by atomic mass is 16.5. The Bertz CT molecular complexity index is 2320. The van der Waals surface area contributed by atoms with Gasteiger partial charge in [-0.05, 0) is 95.7 Å². The number of hydrazine groups is 1. The molecular formula is C46H61N9O7. The number of aromatic nitrogens is 2. The lowest BCUT2D eigenvalue weighted by Crippen LogP contribution is -2.66. The molecule has 0 aliphatic carbocycles. The lowest BCUT2D eigenvalue weighted by atomic mass is 9.84. The van der Waals surface area contributed by atoms with Gasteiger partial charge in [0.15, 0.2) is 5.96 Å². The van der Waals surface area contributed by atoms with Crippen LogP contribution in [-0.4, -0.2) is 113 Å². The van der Waals surface area contributed by atoms with E-state index in [2.05, 4.69) is 58.5 Å². The van der Waals surface area contributed by atoms with Gasteiger partial charge >= 0.3 is 0 Å². The van der Waals surface area contributed by atoms with Crippen molar-refractivity contribution in [2.45, 2.75) is 91.1 Å². The first-order valence-corrected chi connectivity index (χ1v) is 21.2. The number of likely N-dealkylation sites (N-methyl/N-ethyl adjacent to an activating group) is 1. The van der Waals surface area contributed by atoms with Crippen LogP contribution in [0.5, 0.6) is 5.75 Å². The number of ether oxygens (including phenoxy) is 2. The van der Waals surface area contributed by atoms with Gasteiger partial charge < -0.3 is 45.2 Å². The minimum absolute atomic E-state index is 0.00159. The summed E-state index contributed by atoms with van der Waals surface area (Å²) in [6, 6.07) is 11.2. The van der Waals surface area contributed by atoms with E-state index in [1.165, 1.54) is 17.0 Å². The van der Waals surface area contributed by atoms with Crippen LogP contribution in [0, 0.1) is 16.7 Å². The summed E-state index contributed by atoms with van der Waals surface area (Å²) in [7, 11) is 3.17. The van der Waals surface area contributed by atoms with E-state index in [-0.39, 0.29) is 43.7 Å². The van der Waals surface area contributed by atoms with E-state index >= 15 is 0 Å². The molecule has 0 saturated carbocycles. The molecule has 7 N–H and O–H groups in total. The molecule has 2 aliphatic rings. The predicted octanol–water partition coefficient (Wildman–Crippen LogP) is 3.90.